The van der Waals surface area contributed by atoms with Crippen molar-refractivity contribution in [1.82, 2.24) is 5.32 Å². The SMILES string of the molecule is CC(C)(C)OC(=O)NC(C(=O)O)C1(O)CC1. The number of nitrogens with one attached hydrogen (secondary N) is 1. The van der Waals surface area contributed by atoms with Gasteiger partial charge in [-0.2, -0.15) is 0 Å². The third kappa shape index (κ3) is 3.37. The molecule has 0 radical (unpaired) electrons. The molecule has 16 heavy (non-hydrogen) atoms. The number of hydrogen-bond donors (Lipinski definition) is 3. The third-order valence-electron chi connectivity index (χ3n) is 2.21. The van der Waals surface area contributed by atoms with Gasteiger partial charge >= 0.3 is 12.1 Å². The van der Waals surface area contributed by atoms with E-state index in [9.17, 15) is 14.7 Å². The third-order valence-corrected chi connectivity index (χ3v) is 2.21. The summed E-state index contributed by atoms with van der Waals surface area (Å²) < 4.78 is 4.92. The molecule has 1 aliphatic carbocycles. The van der Waals surface area contributed by atoms with Crippen molar-refractivity contribution in [1.29, 1.82) is 0 Å². The number of alkyl carbamates (subject to hydrolysis) is 1. The number of rotatable bonds is 3. The molecule has 0 aromatic carbocycles. The fraction of sp³-hybridized carbons (Fsp3) is 0.800. The lowest BCUT2D eigenvalue weighted by Crippen LogP contribution is -2.51. The van der Waals surface area contributed by atoms with Gasteiger partial charge in [0, 0.05) is 0 Å². The minimum atomic E-state index is -1.32. The molecule has 0 bridgehead atoms. The van der Waals surface area contributed by atoms with Gasteiger partial charge in [-0.3, -0.25) is 0 Å². The summed E-state index contributed by atoms with van der Waals surface area (Å²) in [5.41, 5.74) is -2.01. The number of carbonyl (C=O) groups excluding carboxylic acids is 1. The fourth-order valence-corrected chi connectivity index (χ4v) is 1.27. The van der Waals surface area contributed by atoms with Crippen LogP contribution in [0.4, 0.5) is 4.79 Å². The first kappa shape index (κ1) is 12.8. The van der Waals surface area contributed by atoms with Gasteiger partial charge in [0.25, 0.3) is 0 Å². The summed E-state index contributed by atoms with van der Waals surface area (Å²) in [7, 11) is 0. The Kier molecular flexibility index (Phi) is 3.14. The molecule has 3 N–H and O–H groups in total. The maximum absolute atomic E-state index is 11.3. The number of ether oxygens (including phenoxy) is 1. The van der Waals surface area contributed by atoms with E-state index in [4.69, 9.17) is 9.84 Å². The Morgan fingerprint density at radius 2 is 1.88 bits per heavy atom. The molecule has 6 nitrogen and oxygen atoms in total. The van der Waals surface area contributed by atoms with Gasteiger partial charge in [0.2, 0.25) is 0 Å². The second kappa shape index (κ2) is 3.93. The molecule has 1 atom stereocenters. The van der Waals surface area contributed by atoms with E-state index in [1.165, 1.54) is 0 Å². The Morgan fingerprint density at radius 1 is 1.38 bits per heavy atom. The molecule has 1 saturated carbocycles. The molecule has 0 heterocycles. The number of carbonyl (C=O) groups is 2. The van der Waals surface area contributed by atoms with E-state index in [0.29, 0.717) is 12.8 Å². The number of amides is 1. The van der Waals surface area contributed by atoms with Crippen LogP contribution in [0.2, 0.25) is 0 Å². The smallest absolute Gasteiger partial charge is 0.408 e. The summed E-state index contributed by atoms with van der Waals surface area (Å²) >= 11 is 0. The molecule has 1 fully saturated rings. The Morgan fingerprint density at radius 3 is 2.19 bits per heavy atom. The molecule has 0 aromatic rings. The molecular formula is C10H17NO5. The summed E-state index contributed by atoms with van der Waals surface area (Å²) in [6.07, 6.45) is -0.0836. The van der Waals surface area contributed by atoms with Gasteiger partial charge in [-0.15, -0.1) is 0 Å². The molecule has 0 spiro atoms. The van der Waals surface area contributed by atoms with Crippen molar-refractivity contribution in [3.8, 4) is 0 Å². The first-order valence-corrected chi connectivity index (χ1v) is 5.09. The zero-order chi connectivity index (χ0) is 12.6. The van der Waals surface area contributed by atoms with E-state index in [0.717, 1.165) is 0 Å². The van der Waals surface area contributed by atoms with Crippen LogP contribution in [0.25, 0.3) is 0 Å². The molecule has 1 unspecified atom stereocenters. The summed E-state index contributed by atoms with van der Waals surface area (Å²) in [6, 6.07) is -1.30. The van der Waals surface area contributed by atoms with E-state index in [2.05, 4.69) is 5.32 Å². The molecule has 0 aromatic heterocycles. The van der Waals surface area contributed by atoms with Crippen LogP contribution in [-0.2, 0) is 9.53 Å². The van der Waals surface area contributed by atoms with Gasteiger partial charge in [-0.05, 0) is 33.6 Å². The summed E-state index contributed by atoms with van der Waals surface area (Å²) in [5.74, 6) is -1.26. The Hall–Kier alpha value is -1.30. The minimum Gasteiger partial charge on any atom is -0.480 e. The molecule has 1 amide bonds. The lowest BCUT2D eigenvalue weighted by molar-refractivity contribution is -0.143. The second-order valence-corrected chi connectivity index (χ2v) is 5.02. The zero-order valence-electron chi connectivity index (χ0n) is 9.61. The van der Waals surface area contributed by atoms with Crippen LogP contribution < -0.4 is 5.32 Å². The van der Waals surface area contributed by atoms with Crippen molar-refractivity contribution in [2.45, 2.75) is 50.9 Å². The number of hydrogen-bond acceptors (Lipinski definition) is 4. The summed E-state index contributed by atoms with van der Waals surface area (Å²) in [4.78, 5) is 22.2. The summed E-state index contributed by atoms with van der Waals surface area (Å²) in [5, 5.41) is 20.7. The minimum absolute atomic E-state index is 0.375. The van der Waals surface area contributed by atoms with Crippen molar-refractivity contribution in [3.63, 3.8) is 0 Å². The topological polar surface area (TPSA) is 95.9 Å². The van der Waals surface area contributed by atoms with Crippen LogP contribution in [0, 0.1) is 0 Å². The van der Waals surface area contributed by atoms with Crippen molar-refractivity contribution >= 4 is 12.1 Å². The number of aliphatic carboxylic acids is 1. The Bertz CT molecular complexity index is 303. The van der Waals surface area contributed by atoms with Gasteiger partial charge in [-0.1, -0.05) is 0 Å². The number of carboxylic acids is 1. The molecule has 0 saturated heterocycles. The lowest BCUT2D eigenvalue weighted by atomic mass is 10.1. The maximum atomic E-state index is 11.3. The Labute approximate surface area is 93.6 Å². The van der Waals surface area contributed by atoms with Crippen molar-refractivity contribution in [2.24, 2.45) is 0 Å². The predicted octanol–water partition coefficient (Wildman–Crippen LogP) is 0.489. The van der Waals surface area contributed by atoms with Crippen LogP contribution in [-0.4, -0.2) is 39.5 Å². The molecule has 0 aliphatic heterocycles. The monoisotopic (exact) mass is 231 g/mol. The van der Waals surface area contributed by atoms with Crippen LogP contribution in [0.15, 0.2) is 0 Å². The first-order chi connectivity index (χ1) is 7.14. The summed E-state index contributed by atoms with van der Waals surface area (Å²) in [6.45, 7) is 5.02. The highest BCUT2D eigenvalue weighted by molar-refractivity contribution is 5.82. The molecular weight excluding hydrogens is 214 g/mol. The Balaban J connectivity index is 2.57. The van der Waals surface area contributed by atoms with Crippen LogP contribution in [0.1, 0.15) is 33.6 Å². The number of carboxylic acid groups (broad SMARTS) is 1. The van der Waals surface area contributed by atoms with Gasteiger partial charge in [-0.25, -0.2) is 9.59 Å². The average molecular weight is 231 g/mol. The predicted molar refractivity (Wildman–Crippen MR) is 55.0 cm³/mol. The van der Waals surface area contributed by atoms with E-state index in [-0.39, 0.29) is 0 Å². The van der Waals surface area contributed by atoms with Crippen molar-refractivity contribution in [3.05, 3.63) is 0 Å². The highest BCUT2D eigenvalue weighted by atomic mass is 16.6. The van der Waals surface area contributed by atoms with Gasteiger partial charge in [0.05, 0.1) is 5.60 Å². The van der Waals surface area contributed by atoms with Crippen molar-refractivity contribution < 1.29 is 24.5 Å². The number of aliphatic hydroxyl groups is 1. The van der Waals surface area contributed by atoms with Gasteiger partial charge in [0.15, 0.2) is 6.04 Å². The molecule has 6 heteroatoms. The first-order valence-electron chi connectivity index (χ1n) is 5.09. The fourth-order valence-electron chi connectivity index (χ4n) is 1.27. The highest BCUT2D eigenvalue weighted by Gasteiger charge is 2.52. The largest absolute Gasteiger partial charge is 0.480 e. The van der Waals surface area contributed by atoms with E-state index in [1.54, 1.807) is 20.8 Å². The van der Waals surface area contributed by atoms with E-state index >= 15 is 0 Å². The quantitative estimate of drug-likeness (QED) is 0.657. The van der Waals surface area contributed by atoms with Gasteiger partial charge < -0.3 is 20.3 Å². The zero-order valence-corrected chi connectivity index (χ0v) is 9.61. The van der Waals surface area contributed by atoms with Crippen LogP contribution >= 0.6 is 0 Å². The van der Waals surface area contributed by atoms with Crippen LogP contribution in [0.3, 0.4) is 0 Å². The lowest BCUT2D eigenvalue weighted by Gasteiger charge is -2.24. The van der Waals surface area contributed by atoms with Gasteiger partial charge in [0.1, 0.15) is 5.60 Å². The van der Waals surface area contributed by atoms with E-state index in [1.807, 2.05) is 0 Å². The molecule has 92 valence electrons. The standard InChI is InChI=1S/C10H17NO5/c1-9(2,3)16-8(14)11-6(7(12)13)10(15)4-5-10/h6,15H,4-5H2,1-3H3,(H,11,14)(H,12,13). The van der Waals surface area contributed by atoms with Crippen LogP contribution in [0.5, 0.6) is 0 Å². The average Bonchev–Trinajstić information content (AvgIpc) is 2.76. The molecule has 1 rings (SSSR count). The maximum Gasteiger partial charge on any atom is 0.408 e. The van der Waals surface area contributed by atoms with Crippen molar-refractivity contribution in [2.75, 3.05) is 0 Å². The molecule has 1 aliphatic rings. The highest BCUT2D eigenvalue weighted by Crippen LogP contribution is 2.38. The van der Waals surface area contributed by atoms with E-state index < -0.39 is 29.3 Å². The normalized spacial score (nSPS) is 19.8. The second-order valence-electron chi connectivity index (χ2n) is 5.02.